The van der Waals surface area contributed by atoms with Crippen LogP contribution in [0, 0.1) is 18.2 Å². The van der Waals surface area contributed by atoms with E-state index in [9.17, 15) is 22.4 Å². The minimum atomic E-state index is -3.85. The summed E-state index contributed by atoms with van der Waals surface area (Å²) in [5.41, 5.74) is 0.903. The van der Waals surface area contributed by atoms with Crippen LogP contribution < -0.4 is 15.4 Å². The summed E-state index contributed by atoms with van der Waals surface area (Å²) in [5.74, 6) is 0.685. The summed E-state index contributed by atoms with van der Waals surface area (Å²) in [6.07, 6.45) is 5.07. The first kappa shape index (κ1) is 23.1. The number of carbonyl (C=O) groups is 2. The molecular formula is C21H17FN4O4S2. The molecule has 11 heteroatoms. The average molecular weight is 473 g/mol. The Bertz CT molecular complexity index is 1330. The average Bonchev–Trinajstić information content (AvgIpc) is 3.20. The lowest BCUT2D eigenvalue weighted by Crippen LogP contribution is -2.24. The summed E-state index contributed by atoms with van der Waals surface area (Å²) in [7, 11) is -3.85. The number of hydrogen-bond acceptors (Lipinski definition) is 6. The maximum absolute atomic E-state index is 14.4. The number of halogens is 1. The van der Waals surface area contributed by atoms with Crippen LogP contribution in [0.2, 0.25) is 0 Å². The molecular weight excluding hydrogens is 455 g/mol. The number of nitrogens with zero attached hydrogens (tertiary/aromatic N) is 1. The van der Waals surface area contributed by atoms with E-state index in [4.69, 9.17) is 6.42 Å². The second-order valence-electron chi connectivity index (χ2n) is 6.42. The Morgan fingerprint density at radius 2 is 1.97 bits per heavy atom. The van der Waals surface area contributed by atoms with Gasteiger partial charge in [-0.2, -0.15) is 4.72 Å². The van der Waals surface area contributed by atoms with E-state index in [1.807, 2.05) is 0 Å². The highest BCUT2D eigenvalue weighted by atomic mass is 32.2. The maximum Gasteiger partial charge on any atom is 0.257 e. The minimum Gasteiger partial charge on any atom is -0.326 e. The summed E-state index contributed by atoms with van der Waals surface area (Å²) in [4.78, 5) is 27.8. The number of rotatable bonds is 7. The third kappa shape index (κ3) is 5.55. The third-order valence-electron chi connectivity index (χ3n) is 4.06. The van der Waals surface area contributed by atoms with Gasteiger partial charge in [-0.05, 0) is 36.4 Å². The first-order chi connectivity index (χ1) is 15.2. The van der Waals surface area contributed by atoms with Gasteiger partial charge in [-0.3, -0.25) is 14.9 Å². The highest BCUT2D eigenvalue weighted by Gasteiger charge is 2.17. The zero-order chi connectivity index (χ0) is 23.3. The fourth-order valence-corrected chi connectivity index (χ4v) is 4.34. The van der Waals surface area contributed by atoms with Crippen LogP contribution in [0.4, 0.5) is 15.2 Å². The number of thiazole rings is 1. The Hall–Kier alpha value is -3.59. The molecule has 0 radical (unpaired) electrons. The molecule has 3 aromatic rings. The van der Waals surface area contributed by atoms with Gasteiger partial charge in [0.15, 0.2) is 5.13 Å². The lowest BCUT2D eigenvalue weighted by atomic mass is 10.1. The van der Waals surface area contributed by atoms with Crippen molar-refractivity contribution in [3.05, 3.63) is 59.2 Å². The van der Waals surface area contributed by atoms with Gasteiger partial charge in [0, 0.05) is 29.1 Å². The van der Waals surface area contributed by atoms with Gasteiger partial charge in [-0.25, -0.2) is 17.8 Å². The molecule has 0 fully saturated rings. The molecule has 2 amide bonds. The Morgan fingerprint density at radius 1 is 1.19 bits per heavy atom. The maximum atomic E-state index is 14.4. The van der Waals surface area contributed by atoms with Crippen molar-refractivity contribution in [3.63, 3.8) is 0 Å². The van der Waals surface area contributed by atoms with Gasteiger partial charge in [-0.15, -0.1) is 17.8 Å². The number of aromatic nitrogens is 1. The summed E-state index contributed by atoms with van der Waals surface area (Å²) in [6.45, 7) is 1.14. The summed E-state index contributed by atoms with van der Waals surface area (Å²) in [5, 5.41) is 6.83. The van der Waals surface area contributed by atoms with E-state index >= 15 is 0 Å². The molecule has 1 aromatic heterocycles. The van der Waals surface area contributed by atoms with Gasteiger partial charge in [0.2, 0.25) is 15.9 Å². The monoisotopic (exact) mass is 472 g/mol. The van der Waals surface area contributed by atoms with Crippen molar-refractivity contribution >= 4 is 44.0 Å². The number of carbonyl (C=O) groups excluding carboxylic acids is 2. The van der Waals surface area contributed by atoms with E-state index in [1.54, 1.807) is 5.38 Å². The molecule has 8 nitrogen and oxygen atoms in total. The minimum absolute atomic E-state index is 0.0937. The third-order valence-corrected chi connectivity index (χ3v) is 6.22. The molecule has 2 aromatic carbocycles. The normalized spacial score (nSPS) is 10.9. The Labute approximate surface area is 187 Å². The van der Waals surface area contributed by atoms with Crippen molar-refractivity contribution in [3.8, 4) is 23.6 Å². The summed E-state index contributed by atoms with van der Waals surface area (Å²) >= 11 is 1.08. The van der Waals surface area contributed by atoms with Gasteiger partial charge in [0.05, 0.1) is 17.1 Å². The zero-order valence-corrected chi connectivity index (χ0v) is 18.3. The predicted molar refractivity (Wildman–Crippen MR) is 120 cm³/mol. The van der Waals surface area contributed by atoms with Crippen LogP contribution >= 0.6 is 11.3 Å². The number of hydrogen-bond donors (Lipinski definition) is 3. The highest BCUT2D eigenvalue weighted by Crippen LogP contribution is 2.29. The SMILES string of the molecule is C#CCNS(=O)(=O)c1cccc(C(=O)Nc2nc(-c3ccc(NC(C)=O)cc3F)cs2)c1. The smallest absolute Gasteiger partial charge is 0.257 e. The van der Waals surface area contributed by atoms with Crippen LogP contribution in [0.5, 0.6) is 0 Å². The molecule has 1 heterocycles. The van der Waals surface area contributed by atoms with E-state index in [0.29, 0.717) is 11.4 Å². The van der Waals surface area contributed by atoms with Crippen molar-refractivity contribution in [2.75, 3.05) is 17.2 Å². The fourth-order valence-electron chi connectivity index (χ4n) is 2.65. The number of terminal acetylenes is 1. The molecule has 0 bridgehead atoms. The lowest BCUT2D eigenvalue weighted by molar-refractivity contribution is -0.114. The van der Waals surface area contributed by atoms with Crippen molar-refractivity contribution in [1.82, 2.24) is 9.71 Å². The number of sulfonamides is 1. The van der Waals surface area contributed by atoms with Crippen LogP contribution in [-0.4, -0.2) is 31.8 Å². The summed E-state index contributed by atoms with van der Waals surface area (Å²) in [6, 6.07) is 9.61. The van der Waals surface area contributed by atoms with Crippen LogP contribution in [0.15, 0.2) is 52.7 Å². The van der Waals surface area contributed by atoms with Gasteiger partial charge in [0.1, 0.15) is 5.82 Å². The van der Waals surface area contributed by atoms with Gasteiger partial charge < -0.3 is 5.32 Å². The largest absolute Gasteiger partial charge is 0.326 e. The molecule has 0 unspecified atom stereocenters. The second-order valence-corrected chi connectivity index (χ2v) is 9.05. The van der Waals surface area contributed by atoms with E-state index < -0.39 is 21.7 Å². The van der Waals surface area contributed by atoms with Gasteiger partial charge >= 0.3 is 0 Å². The van der Waals surface area contributed by atoms with Crippen molar-refractivity contribution in [2.45, 2.75) is 11.8 Å². The second kappa shape index (κ2) is 9.69. The van der Waals surface area contributed by atoms with E-state index in [1.165, 1.54) is 49.4 Å². The Kier molecular flexibility index (Phi) is 6.99. The molecule has 0 aliphatic rings. The van der Waals surface area contributed by atoms with Crippen LogP contribution in [0.3, 0.4) is 0 Å². The molecule has 3 N–H and O–H groups in total. The Morgan fingerprint density at radius 3 is 2.66 bits per heavy atom. The molecule has 0 aliphatic heterocycles. The lowest BCUT2D eigenvalue weighted by Gasteiger charge is -2.07. The standard InChI is InChI=1S/C21H17FN4O4S2/c1-3-9-23-32(29,30)16-6-4-5-14(10-16)20(28)26-21-25-19(12-31-21)17-8-7-15(11-18(17)22)24-13(2)27/h1,4-8,10-12,23H,9H2,2H3,(H,24,27)(H,25,26,28). The number of nitrogens with one attached hydrogen (secondary N) is 3. The Balaban J connectivity index is 1.76. The molecule has 32 heavy (non-hydrogen) atoms. The van der Waals surface area contributed by atoms with Crippen molar-refractivity contribution in [1.29, 1.82) is 0 Å². The molecule has 3 rings (SSSR count). The van der Waals surface area contributed by atoms with E-state index in [0.717, 1.165) is 11.3 Å². The predicted octanol–water partition coefficient (Wildman–Crippen LogP) is 3.07. The molecule has 0 saturated heterocycles. The topological polar surface area (TPSA) is 117 Å². The van der Waals surface area contributed by atoms with Gasteiger partial charge in [-0.1, -0.05) is 12.0 Å². The fraction of sp³-hybridized carbons (Fsp3) is 0.0952. The van der Waals surface area contributed by atoms with Crippen LogP contribution in [0.1, 0.15) is 17.3 Å². The van der Waals surface area contributed by atoms with Crippen LogP contribution in [0.25, 0.3) is 11.3 Å². The molecule has 0 atom stereocenters. The van der Waals surface area contributed by atoms with Crippen LogP contribution in [-0.2, 0) is 14.8 Å². The first-order valence-corrected chi connectivity index (χ1v) is 11.4. The number of anilines is 2. The van der Waals surface area contributed by atoms with E-state index in [2.05, 4.69) is 26.3 Å². The van der Waals surface area contributed by atoms with Crippen molar-refractivity contribution < 1.29 is 22.4 Å². The first-order valence-electron chi connectivity index (χ1n) is 9.07. The van der Waals surface area contributed by atoms with E-state index in [-0.39, 0.29) is 33.6 Å². The number of amides is 2. The number of benzene rings is 2. The van der Waals surface area contributed by atoms with Gasteiger partial charge in [0.25, 0.3) is 5.91 Å². The quantitative estimate of drug-likeness (QED) is 0.457. The highest BCUT2D eigenvalue weighted by molar-refractivity contribution is 7.89. The molecule has 0 aliphatic carbocycles. The molecule has 164 valence electrons. The van der Waals surface area contributed by atoms with Crippen molar-refractivity contribution in [2.24, 2.45) is 0 Å². The molecule has 0 spiro atoms. The zero-order valence-electron chi connectivity index (χ0n) is 16.7. The summed E-state index contributed by atoms with van der Waals surface area (Å²) < 4.78 is 41.0. The molecule has 0 saturated carbocycles.